The summed E-state index contributed by atoms with van der Waals surface area (Å²) >= 11 is 0. The van der Waals surface area contributed by atoms with Gasteiger partial charge < -0.3 is 10.6 Å². The van der Waals surface area contributed by atoms with Crippen molar-refractivity contribution >= 4 is 17.7 Å². The highest BCUT2D eigenvalue weighted by molar-refractivity contribution is 6.02. The van der Waals surface area contributed by atoms with Crippen molar-refractivity contribution in [3.8, 4) is 0 Å². The summed E-state index contributed by atoms with van der Waals surface area (Å²) in [4.78, 5) is 15.7. The van der Waals surface area contributed by atoms with Crippen LogP contribution in [0.3, 0.4) is 0 Å². The summed E-state index contributed by atoms with van der Waals surface area (Å²) in [5, 5.41) is 7.46. The van der Waals surface area contributed by atoms with Gasteiger partial charge in [-0.3, -0.25) is 10.3 Å². The van der Waals surface area contributed by atoms with E-state index in [0.29, 0.717) is 19.0 Å². The molecule has 0 radical (unpaired) electrons. The first-order valence-corrected chi connectivity index (χ1v) is 5.97. The van der Waals surface area contributed by atoms with E-state index in [1.54, 1.807) is 0 Å². The van der Waals surface area contributed by atoms with Gasteiger partial charge in [0.1, 0.15) is 17.3 Å². The molecular weight excluding hydrogens is 254 g/mol. The van der Waals surface area contributed by atoms with Gasteiger partial charge >= 0.3 is 6.03 Å². The largest absolute Gasteiger partial charge is 0.356 e. The number of aliphatic imine (C=N–C) groups is 1. The molecule has 0 saturated heterocycles. The maximum absolute atomic E-state index is 13.3. The Morgan fingerprint density at radius 3 is 2.68 bits per heavy atom. The van der Waals surface area contributed by atoms with Gasteiger partial charge in [0.2, 0.25) is 0 Å². The Kier molecular flexibility index (Phi) is 4.27. The summed E-state index contributed by atoms with van der Waals surface area (Å²) in [5.41, 5.74) is -0.478. The number of anilines is 1. The molecule has 1 aromatic carbocycles. The molecule has 1 aliphatic heterocycles. The lowest BCUT2D eigenvalue weighted by Crippen LogP contribution is -2.43. The zero-order chi connectivity index (χ0) is 13.7. The molecule has 0 aromatic heterocycles. The van der Waals surface area contributed by atoms with Gasteiger partial charge in [-0.1, -0.05) is 6.07 Å². The first kappa shape index (κ1) is 13.3. The van der Waals surface area contributed by atoms with Crippen LogP contribution < -0.4 is 16.0 Å². The first-order chi connectivity index (χ1) is 9.16. The Bertz CT molecular complexity index is 484. The van der Waals surface area contributed by atoms with Crippen LogP contribution in [0.4, 0.5) is 19.3 Å². The van der Waals surface area contributed by atoms with E-state index in [-0.39, 0.29) is 0 Å². The molecule has 2 rings (SSSR count). The molecule has 1 aromatic rings. The van der Waals surface area contributed by atoms with Gasteiger partial charge in [0.05, 0.1) is 0 Å². The molecule has 0 atom stereocenters. The van der Waals surface area contributed by atoms with Gasteiger partial charge in [-0.05, 0) is 25.0 Å². The van der Waals surface area contributed by atoms with Crippen molar-refractivity contribution in [2.75, 3.05) is 18.4 Å². The Morgan fingerprint density at radius 1 is 1.21 bits per heavy atom. The topological polar surface area (TPSA) is 65.5 Å². The fourth-order valence-corrected chi connectivity index (χ4v) is 1.64. The molecule has 0 fully saturated rings. The number of benzene rings is 1. The van der Waals surface area contributed by atoms with Crippen LogP contribution in [0.2, 0.25) is 0 Å². The molecule has 1 heterocycles. The third kappa shape index (κ3) is 3.64. The van der Waals surface area contributed by atoms with Gasteiger partial charge in [-0.15, -0.1) is 0 Å². The van der Waals surface area contributed by atoms with Gasteiger partial charge in [0.25, 0.3) is 0 Å². The molecule has 0 aliphatic carbocycles. The minimum atomic E-state index is -0.828. The quantitative estimate of drug-likeness (QED) is 0.727. The third-order valence-corrected chi connectivity index (χ3v) is 2.58. The maximum atomic E-state index is 13.3. The van der Waals surface area contributed by atoms with Crippen LogP contribution in [0.15, 0.2) is 23.2 Å². The molecular formula is C12H14F2N4O. The van der Waals surface area contributed by atoms with Crippen LogP contribution in [0.1, 0.15) is 12.8 Å². The Hall–Kier alpha value is -2.18. The van der Waals surface area contributed by atoms with E-state index in [2.05, 4.69) is 20.9 Å². The van der Waals surface area contributed by atoms with E-state index in [1.165, 1.54) is 6.07 Å². The number of nitrogens with zero attached hydrogens (tertiary/aromatic N) is 1. The average Bonchev–Trinajstić information content (AvgIpc) is 2.63. The van der Waals surface area contributed by atoms with E-state index in [4.69, 9.17) is 0 Å². The Balaban J connectivity index is 1.99. The lowest BCUT2D eigenvalue weighted by atomic mass is 10.3. The van der Waals surface area contributed by atoms with Crippen molar-refractivity contribution in [2.24, 2.45) is 4.99 Å². The van der Waals surface area contributed by atoms with Gasteiger partial charge in [0, 0.05) is 13.1 Å². The van der Waals surface area contributed by atoms with Crippen molar-refractivity contribution in [1.29, 1.82) is 0 Å². The number of rotatable bonds is 1. The number of carbonyl (C=O) groups is 1. The number of urea groups is 1. The third-order valence-electron chi connectivity index (χ3n) is 2.58. The molecule has 7 heteroatoms. The highest BCUT2D eigenvalue weighted by Gasteiger charge is 2.13. The highest BCUT2D eigenvalue weighted by atomic mass is 19.1. The zero-order valence-corrected chi connectivity index (χ0v) is 10.2. The number of hydrogen-bond donors (Lipinski definition) is 3. The summed E-state index contributed by atoms with van der Waals surface area (Å²) < 4.78 is 26.7. The van der Waals surface area contributed by atoms with Crippen LogP contribution in [0.5, 0.6) is 0 Å². The predicted octanol–water partition coefficient (Wildman–Crippen LogP) is 1.83. The number of nitrogens with one attached hydrogen (secondary N) is 3. The van der Waals surface area contributed by atoms with E-state index in [1.807, 2.05) is 0 Å². The van der Waals surface area contributed by atoms with Gasteiger partial charge in [-0.25, -0.2) is 13.6 Å². The summed E-state index contributed by atoms with van der Waals surface area (Å²) in [5.74, 6) is -1.34. The summed E-state index contributed by atoms with van der Waals surface area (Å²) in [7, 11) is 0. The van der Waals surface area contributed by atoms with E-state index in [9.17, 15) is 13.6 Å². The first-order valence-electron chi connectivity index (χ1n) is 5.97. The van der Waals surface area contributed by atoms with Gasteiger partial charge in [-0.2, -0.15) is 0 Å². The van der Waals surface area contributed by atoms with Crippen molar-refractivity contribution in [3.05, 3.63) is 29.8 Å². The van der Waals surface area contributed by atoms with E-state index in [0.717, 1.165) is 25.0 Å². The molecule has 0 unspecified atom stereocenters. The SMILES string of the molecule is O=C(NC1=NCCCCN1)Nc1c(F)cccc1F. The molecule has 3 N–H and O–H groups in total. The number of para-hydroxylation sites is 1. The molecule has 0 bridgehead atoms. The van der Waals surface area contributed by atoms with Crippen LogP contribution in [-0.2, 0) is 0 Å². The second-order valence-corrected chi connectivity index (χ2v) is 4.04. The fourth-order valence-electron chi connectivity index (χ4n) is 1.64. The van der Waals surface area contributed by atoms with Crippen molar-refractivity contribution in [1.82, 2.24) is 10.6 Å². The van der Waals surface area contributed by atoms with Crippen LogP contribution >= 0.6 is 0 Å². The van der Waals surface area contributed by atoms with Crippen molar-refractivity contribution < 1.29 is 13.6 Å². The lowest BCUT2D eigenvalue weighted by molar-refractivity contribution is 0.255. The van der Waals surface area contributed by atoms with Crippen molar-refractivity contribution in [2.45, 2.75) is 12.8 Å². The normalized spacial score (nSPS) is 14.9. The molecule has 5 nitrogen and oxygen atoms in total. The predicted molar refractivity (Wildman–Crippen MR) is 68.1 cm³/mol. The highest BCUT2D eigenvalue weighted by Crippen LogP contribution is 2.17. The molecule has 19 heavy (non-hydrogen) atoms. The Morgan fingerprint density at radius 2 is 1.95 bits per heavy atom. The molecule has 2 amide bonds. The average molecular weight is 268 g/mol. The second-order valence-electron chi connectivity index (χ2n) is 4.04. The number of carbonyl (C=O) groups excluding carboxylic acids is 1. The van der Waals surface area contributed by atoms with Crippen LogP contribution in [-0.4, -0.2) is 25.1 Å². The summed E-state index contributed by atoms with van der Waals surface area (Å²) in [6.07, 6.45) is 1.89. The maximum Gasteiger partial charge on any atom is 0.326 e. The van der Waals surface area contributed by atoms with Crippen LogP contribution in [0, 0.1) is 11.6 Å². The molecule has 0 saturated carbocycles. The smallest absolute Gasteiger partial charge is 0.326 e. The number of amides is 2. The molecule has 1 aliphatic rings. The monoisotopic (exact) mass is 268 g/mol. The van der Waals surface area contributed by atoms with Gasteiger partial charge in [0.15, 0.2) is 5.96 Å². The Labute approximate surface area is 109 Å². The number of hydrogen-bond acceptors (Lipinski definition) is 3. The number of guanidine groups is 1. The zero-order valence-electron chi connectivity index (χ0n) is 10.2. The lowest BCUT2D eigenvalue weighted by Gasteiger charge is -2.11. The minimum Gasteiger partial charge on any atom is -0.356 e. The minimum absolute atomic E-state index is 0.312. The standard InChI is InChI=1S/C12H14F2N4O/c13-8-4-3-5-9(14)10(8)17-12(19)18-11-15-6-1-2-7-16-11/h3-5H,1-2,6-7H2,(H3,15,16,17,18,19). The second kappa shape index (κ2) is 6.12. The van der Waals surface area contributed by atoms with E-state index >= 15 is 0 Å². The van der Waals surface area contributed by atoms with Crippen molar-refractivity contribution in [3.63, 3.8) is 0 Å². The number of halogens is 2. The summed E-state index contributed by atoms with van der Waals surface area (Å²) in [6, 6.07) is 2.63. The summed E-state index contributed by atoms with van der Waals surface area (Å²) in [6.45, 7) is 1.31. The fraction of sp³-hybridized carbons (Fsp3) is 0.333. The van der Waals surface area contributed by atoms with E-state index < -0.39 is 23.4 Å². The van der Waals surface area contributed by atoms with Crippen LogP contribution in [0.25, 0.3) is 0 Å². The molecule has 0 spiro atoms. The molecule has 102 valence electrons.